The Labute approximate surface area is 249 Å². The average molecular weight is 605 g/mol. The molecule has 0 spiro atoms. The fraction of sp³-hybridized carbons (Fsp3) is 0.483. The summed E-state index contributed by atoms with van der Waals surface area (Å²) in [4.78, 5) is 40.6. The van der Waals surface area contributed by atoms with Crippen LogP contribution in [0.4, 0.5) is 13.2 Å². The van der Waals surface area contributed by atoms with Crippen molar-refractivity contribution in [1.29, 1.82) is 0 Å². The Hall–Kier alpha value is -3.30. The number of alkyl halides is 3. The summed E-state index contributed by atoms with van der Waals surface area (Å²) in [6.07, 6.45) is -4.74. The maximum absolute atomic E-state index is 13.5. The van der Waals surface area contributed by atoms with E-state index in [2.05, 4.69) is 5.32 Å². The molecule has 0 saturated carbocycles. The summed E-state index contributed by atoms with van der Waals surface area (Å²) < 4.78 is 44.8. The normalized spacial score (nSPS) is 15.5. The van der Waals surface area contributed by atoms with Crippen molar-refractivity contribution in [2.45, 2.75) is 63.4 Å². The second-order valence-electron chi connectivity index (χ2n) is 11.1. The van der Waals surface area contributed by atoms with Gasteiger partial charge in [0.2, 0.25) is 11.8 Å². The number of rotatable bonds is 14. The molecule has 3 rings (SSSR count). The predicted molar refractivity (Wildman–Crippen MR) is 156 cm³/mol. The SMILES string of the molecule is CC1(C)OB(O)c2ccc(CC(=O)[C@@H](Cc3ccc(C(F)(F)F)cc3)NC(=O)[C@@H](N)CCC(=O)N(CCN)CCN)cc21. The smallest absolute Gasteiger partial charge is 0.423 e. The lowest BCUT2D eigenvalue weighted by Gasteiger charge is -2.23. The second kappa shape index (κ2) is 14.5. The van der Waals surface area contributed by atoms with Crippen LogP contribution in [0.25, 0.3) is 0 Å². The van der Waals surface area contributed by atoms with Gasteiger partial charge in [-0.05, 0) is 61.0 Å². The Bertz CT molecular complexity index is 1290. The van der Waals surface area contributed by atoms with Crippen LogP contribution in [0.5, 0.6) is 0 Å². The summed E-state index contributed by atoms with van der Waals surface area (Å²) in [5.74, 6) is -1.33. The van der Waals surface area contributed by atoms with E-state index in [9.17, 15) is 32.6 Å². The van der Waals surface area contributed by atoms with Crippen LogP contribution in [0.15, 0.2) is 42.5 Å². The third-order valence-electron chi connectivity index (χ3n) is 7.40. The summed E-state index contributed by atoms with van der Waals surface area (Å²) in [5.41, 5.74) is 17.9. The first-order valence-corrected chi connectivity index (χ1v) is 14.1. The van der Waals surface area contributed by atoms with E-state index in [1.807, 2.05) is 0 Å². The third kappa shape index (κ3) is 9.10. The van der Waals surface area contributed by atoms with Crippen molar-refractivity contribution in [3.8, 4) is 0 Å². The Morgan fingerprint density at radius 3 is 2.23 bits per heavy atom. The zero-order valence-corrected chi connectivity index (χ0v) is 24.3. The highest BCUT2D eigenvalue weighted by atomic mass is 19.4. The molecule has 2 aromatic carbocycles. The van der Waals surface area contributed by atoms with Crippen molar-refractivity contribution in [2.75, 3.05) is 26.2 Å². The molecule has 234 valence electrons. The molecular formula is C29H39BF3N5O5. The number of carbonyl (C=O) groups is 3. The number of amides is 2. The van der Waals surface area contributed by atoms with Crippen molar-refractivity contribution in [3.05, 3.63) is 64.7 Å². The molecule has 43 heavy (non-hydrogen) atoms. The zero-order valence-electron chi connectivity index (χ0n) is 24.3. The minimum absolute atomic E-state index is 0.000267. The Kier molecular flexibility index (Phi) is 11.5. The monoisotopic (exact) mass is 605 g/mol. The van der Waals surface area contributed by atoms with Crippen LogP contribution >= 0.6 is 0 Å². The van der Waals surface area contributed by atoms with Gasteiger partial charge in [-0.25, -0.2) is 0 Å². The molecule has 0 unspecified atom stereocenters. The fourth-order valence-corrected chi connectivity index (χ4v) is 5.01. The minimum Gasteiger partial charge on any atom is -0.423 e. The van der Waals surface area contributed by atoms with Crippen molar-refractivity contribution in [2.24, 2.45) is 17.2 Å². The van der Waals surface area contributed by atoms with Gasteiger partial charge in [-0.1, -0.05) is 30.3 Å². The van der Waals surface area contributed by atoms with E-state index in [0.29, 0.717) is 29.7 Å². The van der Waals surface area contributed by atoms with Gasteiger partial charge in [0.05, 0.1) is 23.2 Å². The van der Waals surface area contributed by atoms with Crippen LogP contribution in [-0.2, 0) is 43.7 Å². The second-order valence-corrected chi connectivity index (χ2v) is 11.1. The van der Waals surface area contributed by atoms with Crippen LogP contribution in [0.1, 0.15) is 48.9 Å². The largest absolute Gasteiger partial charge is 0.492 e. The highest BCUT2D eigenvalue weighted by Gasteiger charge is 2.40. The summed E-state index contributed by atoms with van der Waals surface area (Å²) in [6, 6.07) is 7.22. The van der Waals surface area contributed by atoms with E-state index < -0.39 is 48.2 Å². The lowest BCUT2D eigenvalue weighted by molar-refractivity contribution is -0.137. The molecule has 2 amide bonds. The Balaban J connectivity index is 1.76. The van der Waals surface area contributed by atoms with Crippen LogP contribution in [0.2, 0.25) is 0 Å². The van der Waals surface area contributed by atoms with Crippen molar-refractivity contribution in [1.82, 2.24) is 10.2 Å². The van der Waals surface area contributed by atoms with Gasteiger partial charge >= 0.3 is 13.3 Å². The van der Waals surface area contributed by atoms with E-state index >= 15 is 0 Å². The zero-order chi connectivity index (χ0) is 31.9. The molecule has 10 nitrogen and oxygen atoms in total. The first-order chi connectivity index (χ1) is 20.2. The van der Waals surface area contributed by atoms with E-state index in [1.165, 1.54) is 17.0 Å². The fourth-order valence-electron chi connectivity index (χ4n) is 5.01. The van der Waals surface area contributed by atoms with Crippen molar-refractivity contribution < 1.29 is 37.2 Å². The molecule has 1 aliphatic heterocycles. The Morgan fingerprint density at radius 1 is 1.05 bits per heavy atom. The molecule has 2 atom stereocenters. The van der Waals surface area contributed by atoms with Gasteiger partial charge in [0.25, 0.3) is 0 Å². The molecule has 2 aromatic rings. The van der Waals surface area contributed by atoms with Gasteiger partial charge < -0.3 is 37.1 Å². The number of benzene rings is 2. The van der Waals surface area contributed by atoms with Gasteiger partial charge in [0, 0.05) is 39.0 Å². The minimum atomic E-state index is -4.52. The van der Waals surface area contributed by atoms with Gasteiger partial charge in [-0.15, -0.1) is 0 Å². The van der Waals surface area contributed by atoms with E-state index in [1.54, 1.807) is 32.0 Å². The van der Waals surface area contributed by atoms with Gasteiger partial charge in [-0.3, -0.25) is 14.4 Å². The molecule has 0 radical (unpaired) electrons. The number of ketones is 1. The predicted octanol–water partition coefficient (Wildman–Crippen LogP) is 0.351. The van der Waals surface area contributed by atoms with Gasteiger partial charge in [0.1, 0.15) is 0 Å². The van der Waals surface area contributed by atoms with E-state index in [-0.39, 0.29) is 44.7 Å². The molecule has 0 bridgehead atoms. The average Bonchev–Trinajstić information content (AvgIpc) is 3.17. The maximum atomic E-state index is 13.5. The molecule has 0 saturated heterocycles. The Morgan fingerprint density at radius 2 is 1.65 bits per heavy atom. The van der Waals surface area contributed by atoms with Crippen molar-refractivity contribution >= 4 is 30.2 Å². The standard InChI is InChI=1S/C29H39BF3N5O5/c1-28(2)21-15-19(5-8-22(21)30(42)43-28)17-25(39)24(16-18-3-6-20(7-4-18)29(31,32)33)37-27(41)23(36)9-10-26(40)38(13-11-34)14-12-35/h3-8,15,23-24,42H,9-14,16-17,34-36H2,1-2H3,(H,37,41)/t23-,24+/m0/s1. The highest BCUT2D eigenvalue weighted by Crippen LogP contribution is 2.31. The summed E-state index contributed by atoms with van der Waals surface area (Å²) >= 11 is 0. The number of nitrogens with two attached hydrogens (primary N) is 3. The number of nitrogens with one attached hydrogen (secondary N) is 1. The van der Waals surface area contributed by atoms with E-state index in [4.69, 9.17) is 21.9 Å². The molecule has 1 aliphatic rings. The number of hydrogen-bond donors (Lipinski definition) is 5. The molecule has 0 aromatic heterocycles. The lowest BCUT2D eigenvalue weighted by Crippen LogP contribution is -2.50. The number of nitrogens with zero attached hydrogens (tertiary/aromatic N) is 1. The molecule has 8 N–H and O–H groups in total. The van der Waals surface area contributed by atoms with Crippen molar-refractivity contribution in [3.63, 3.8) is 0 Å². The molecule has 1 heterocycles. The number of Topliss-reactive ketones (excluding diaryl/α,β-unsaturated/α-hetero) is 1. The highest BCUT2D eigenvalue weighted by molar-refractivity contribution is 6.61. The first kappa shape index (κ1) is 34.2. The van der Waals surface area contributed by atoms with Gasteiger partial charge in [-0.2, -0.15) is 13.2 Å². The van der Waals surface area contributed by atoms with Gasteiger partial charge in [0.15, 0.2) is 5.78 Å². The molecular weight excluding hydrogens is 566 g/mol. The third-order valence-corrected chi connectivity index (χ3v) is 7.40. The molecule has 0 aliphatic carbocycles. The summed E-state index contributed by atoms with van der Waals surface area (Å²) in [5, 5.41) is 12.8. The maximum Gasteiger partial charge on any atom is 0.492 e. The topological polar surface area (TPSA) is 174 Å². The van der Waals surface area contributed by atoms with E-state index in [0.717, 1.165) is 17.7 Å². The first-order valence-electron chi connectivity index (χ1n) is 14.1. The number of carbonyl (C=O) groups excluding carboxylic acids is 3. The molecule has 14 heteroatoms. The van der Waals surface area contributed by atoms with Crippen LogP contribution in [0, 0.1) is 0 Å². The number of halogens is 3. The summed E-state index contributed by atoms with van der Waals surface area (Å²) in [7, 11) is -1.09. The quantitative estimate of drug-likeness (QED) is 0.192. The number of hydrogen-bond acceptors (Lipinski definition) is 8. The van der Waals surface area contributed by atoms with Crippen LogP contribution in [0.3, 0.4) is 0 Å². The summed E-state index contributed by atoms with van der Waals surface area (Å²) in [6.45, 7) is 4.71. The lowest BCUT2D eigenvalue weighted by atomic mass is 9.77. The van der Waals surface area contributed by atoms with Crippen LogP contribution in [-0.4, -0.2) is 72.9 Å². The van der Waals surface area contributed by atoms with Crippen LogP contribution < -0.4 is 28.0 Å². The number of fused-ring (bicyclic) bond motifs is 1. The molecule has 0 fully saturated rings.